The first kappa shape index (κ1) is 15.9. The second-order valence-electron chi connectivity index (χ2n) is 6.65. The van der Waals surface area contributed by atoms with E-state index in [1.165, 1.54) is 0 Å². The van der Waals surface area contributed by atoms with Gasteiger partial charge in [0.25, 0.3) is 0 Å². The lowest BCUT2D eigenvalue weighted by Gasteiger charge is -2.35. The normalized spacial score (nSPS) is 27.5. The number of hydrogen-bond acceptors (Lipinski definition) is 4. The standard InChI is InChI=1S/C15H26N4O2/c1-4-5-12(3)13-16-17-18-19(13)10-15(14(20)21)8-6-11(2)7-9-15/h11-12H,4-10H2,1-3H3,(H,20,21). The fraction of sp³-hybridized carbons (Fsp3) is 0.867. The van der Waals surface area contributed by atoms with Gasteiger partial charge in [-0.05, 0) is 48.4 Å². The van der Waals surface area contributed by atoms with E-state index in [-0.39, 0.29) is 5.92 Å². The van der Waals surface area contributed by atoms with E-state index >= 15 is 0 Å². The van der Waals surface area contributed by atoms with Gasteiger partial charge in [0.2, 0.25) is 0 Å². The molecule has 0 aromatic carbocycles. The van der Waals surface area contributed by atoms with Gasteiger partial charge >= 0.3 is 5.97 Å². The summed E-state index contributed by atoms with van der Waals surface area (Å²) < 4.78 is 1.73. The molecule has 0 spiro atoms. The van der Waals surface area contributed by atoms with Crippen molar-refractivity contribution in [2.45, 2.75) is 71.8 Å². The first-order chi connectivity index (χ1) is 9.98. The molecule has 0 saturated heterocycles. The highest BCUT2D eigenvalue weighted by Crippen LogP contribution is 2.40. The second-order valence-corrected chi connectivity index (χ2v) is 6.65. The molecule has 2 rings (SSSR count). The lowest BCUT2D eigenvalue weighted by atomic mass is 9.71. The van der Waals surface area contributed by atoms with Crippen LogP contribution in [-0.4, -0.2) is 31.3 Å². The Kier molecular flexibility index (Phi) is 4.96. The maximum Gasteiger partial charge on any atom is 0.311 e. The Hall–Kier alpha value is -1.46. The maximum absolute atomic E-state index is 11.8. The molecular formula is C15H26N4O2. The summed E-state index contributed by atoms with van der Waals surface area (Å²) in [4.78, 5) is 11.8. The molecule has 1 heterocycles. The Labute approximate surface area is 125 Å². The summed E-state index contributed by atoms with van der Waals surface area (Å²) >= 11 is 0. The minimum atomic E-state index is -0.709. The zero-order chi connectivity index (χ0) is 15.5. The molecule has 1 aliphatic rings. The van der Waals surface area contributed by atoms with Crippen LogP contribution in [0.15, 0.2) is 0 Å². The van der Waals surface area contributed by atoms with Crippen LogP contribution in [0.4, 0.5) is 0 Å². The Bertz CT molecular complexity index is 478. The van der Waals surface area contributed by atoms with Crippen molar-refractivity contribution in [3.8, 4) is 0 Å². The number of tetrazole rings is 1. The zero-order valence-corrected chi connectivity index (χ0v) is 13.2. The molecular weight excluding hydrogens is 268 g/mol. The molecule has 1 atom stereocenters. The van der Waals surface area contributed by atoms with E-state index in [4.69, 9.17) is 0 Å². The van der Waals surface area contributed by atoms with Crippen LogP contribution in [0.5, 0.6) is 0 Å². The highest BCUT2D eigenvalue weighted by molar-refractivity contribution is 5.74. The van der Waals surface area contributed by atoms with Crippen molar-refractivity contribution in [3.63, 3.8) is 0 Å². The molecule has 6 nitrogen and oxygen atoms in total. The third-order valence-electron chi connectivity index (χ3n) is 4.86. The average molecular weight is 294 g/mol. The van der Waals surface area contributed by atoms with E-state index < -0.39 is 11.4 Å². The first-order valence-corrected chi connectivity index (χ1v) is 7.98. The van der Waals surface area contributed by atoms with Gasteiger partial charge in [-0.1, -0.05) is 27.2 Å². The summed E-state index contributed by atoms with van der Waals surface area (Å²) in [6.07, 6.45) is 5.44. The Balaban J connectivity index is 2.19. The van der Waals surface area contributed by atoms with E-state index in [2.05, 4.69) is 36.3 Å². The second kappa shape index (κ2) is 6.54. The van der Waals surface area contributed by atoms with Crippen molar-refractivity contribution < 1.29 is 9.90 Å². The predicted octanol–water partition coefficient (Wildman–Crippen LogP) is 2.86. The SMILES string of the molecule is CCCC(C)c1nnnn1CC1(C(=O)O)CCC(C)CC1. The van der Waals surface area contributed by atoms with Crippen molar-refractivity contribution in [2.24, 2.45) is 11.3 Å². The first-order valence-electron chi connectivity index (χ1n) is 7.98. The fourth-order valence-electron chi connectivity index (χ4n) is 3.28. The van der Waals surface area contributed by atoms with Crippen molar-refractivity contribution in [1.82, 2.24) is 20.2 Å². The minimum absolute atomic E-state index is 0.262. The van der Waals surface area contributed by atoms with Crippen molar-refractivity contribution in [3.05, 3.63) is 5.82 Å². The average Bonchev–Trinajstić information content (AvgIpc) is 2.89. The quantitative estimate of drug-likeness (QED) is 0.872. The van der Waals surface area contributed by atoms with Gasteiger partial charge in [0.05, 0.1) is 12.0 Å². The van der Waals surface area contributed by atoms with Crippen LogP contribution in [0.3, 0.4) is 0 Å². The lowest BCUT2D eigenvalue weighted by molar-refractivity contribution is -0.153. The van der Waals surface area contributed by atoms with E-state index in [0.717, 1.165) is 31.5 Å². The highest BCUT2D eigenvalue weighted by Gasteiger charge is 2.42. The molecule has 118 valence electrons. The summed E-state index contributed by atoms with van der Waals surface area (Å²) in [5, 5.41) is 21.7. The van der Waals surface area contributed by atoms with Gasteiger partial charge in [-0.15, -0.1) is 5.10 Å². The summed E-state index contributed by atoms with van der Waals surface area (Å²) in [7, 11) is 0. The molecule has 0 radical (unpaired) electrons. The number of hydrogen-bond donors (Lipinski definition) is 1. The largest absolute Gasteiger partial charge is 0.481 e. The van der Waals surface area contributed by atoms with Gasteiger partial charge in [-0.25, -0.2) is 4.68 Å². The monoisotopic (exact) mass is 294 g/mol. The molecule has 21 heavy (non-hydrogen) atoms. The number of carbonyl (C=O) groups is 1. The predicted molar refractivity (Wildman–Crippen MR) is 78.8 cm³/mol. The van der Waals surface area contributed by atoms with E-state index in [9.17, 15) is 9.90 Å². The molecule has 0 amide bonds. The number of rotatable bonds is 6. The number of aromatic nitrogens is 4. The number of nitrogens with zero attached hydrogens (tertiary/aromatic N) is 4. The third-order valence-corrected chi connectivity index (χ3v) is 4.86. The molecule has 1 aliphatic carbocycles. The smallest absolute Gasteiger partial charge is 0.311 e. The fourth-order valence-corrected chi connectivity index (χ4v) is 3.28. The molecule has 1 N–H and O–H groups in total. The van der Waals surface area contributed by atoms with Crippen LogP contribution in [-0.2, 0) is 11.3 Å². The van der Waals surface area contributed by atoms with E-state index in [0.29, 0.717) is 25.3 Å². The maximum atomic E-state index is 11.8. The third kappa shape index (κ3) is 3.41. The molecule has 1 fully saturated rings. The Morgan fingerprint density at radius 3 is 2.71 bits per heavy atom. The van der Waals surface area contributed by atoms with Crippen molar-refractivity contribution >= 4 is 5.97 Å². The molecule has 1 aromatic heterocycles. The minimum Gasteiger partial charge on any atom is -0.481 e. The molecule has 0 aliphatic heterocycles. The number of carboxylic acids is 1. The van der Waals surface area contributed by atoms with Crippen molar-refractivity contribution in [2.75, 3.05) is 0 Å². The van der Waals surface area contributed by atoms with Gasteiger partial charge in [0, 0.05) is 5.92 Å². The van der Waals surface area contributed by atoms with Crippen LogP contribution in [0.2, 0.25) is 0 Å². The molecule has 1 saturated carbocycles. The van der Waals surface area contributed by atoms with Gasteiger partial charge in [-0.3, -0.25) is 4.79 Å². The Morgan fingerprint density at radius 2 is 2.14 bits per heavy atom. The molecule has 6 heteroatoms. The molecule has 1 unspecified atom stereocenters. The van der Waals surface area contributed by atoms with Gasteiger partial charge in [-0.2, -0.15) is 0 Å². The summed E-state index contributed by atoms with van der Waals surface area (Å²) in [5.41, 5.74) is -0.706. The van der Waals surface area contributed by atoms with Crippen LogP contribution >= 0.6 is 0 Å². The number of carboxylic acid groups (broad SMARTS) is 1. The highest BCUT2D eigenvalue weighted by atomic mass is 16.4. The summed E-state index contributed by atoms with van der Waals surface area (Å²) in [5.74, 6) is 0.985. The van der Waals surface area contributed by atoms with E-state index in [1.807, 2.05) is 0 Å². The summed E-state index contributed by atoms with van der Waals surface area (Å²) in [6.45, 7) is 6.82. The van der Waals surface area contributed by atoms with Crippen LogP contribution < -0.4 is 0 Å². The number of aliphatic carboxylic acids is 1. The zero-order valence-electron chi connectivity index (χ0n) is 13.2. The molecule has 1 aromatic rings. The van der Waals surface area contributed by atoms with Gasteiger partial charge in [0.15, 0.2) is 5.82 Å². The van der Waals surface area contributed by atoms with Gasteiger partial charge < -0.3 is 5.11 Å². The van der Waals surface area contributed by atoms with Crippen LogP contribution in [0.1, 0.15) is 71.0 Å². The topological polar surface area (TPSA) is 80.9 Å². The lowest BCUT2D eigenvalue weighted by Crippen LogP contribution is -2.39. The Morgan fingerprint density at radius 1 is 1.48 bits per heavy atom. The van der Waals surface area contributed by atoms with Crippen LogP contribution in [0, 0.1) is 11.3 Å². The summed E-state index contributed by atoms with van der Waals surface area (Å²) in [6, 6.07) is 0. The van der Waals surface area contributed by atoms with Crippen molar-refractivity contribution in [1.29, 1.82) is 0 Å². The van der Waals surface area contributed by atoms with Crippen LogP contribution in [0.25, 0.3) is 0 Å². The molecule has 0 bridgehead atoms. The van der Waals surface area contributed by atoms with E-state index in [1.54, 1.807) is 4.68 Å². The van der Waals surface area contributed by atoms with Gasteiger partial charge in [0.1, 0.15) is 0 Å².